The number of carbonyl (C=O) groups excluding carboxylic acids is 1. The van der Waals surface area contributed by atoms with Gasteiger partial charge in [0.25, 0.3) is 5.91 Å². The van der Waals surface area contributed by atoms with Crippen LogP contribution in [0.15, 0.2) is 42.6 Å². The summed E-state index contributed by atoms with van der Waals surface area (Å²) in [6, 6.07) is 11.4. The van der Waals surface area contributed by atoms with Crippen LogP contribution >= 0.6 is 0 Å². The van der Waals surface area contributed by atoms with Crippen LogP contribution in [0.2, 0.25) is 0 Å². The van der Waals surface area contributed by atoms with Gasteiger partial charge < -0.3 is 10.1 Å². The SMILES string of the molecule is O=C(NCc1ccc2c(c1)CCCO2)c1ccccn1. The zero-order valence-corrected chi connectivity index (χ0v) is 11.1. The van der Waals surface area contributed by atoms with E-state index in [-0.39, 0.29) is 5.91 Å². The molecule has 0 aliphatic carbocycles. The summed E-state index contributed by atoms with van der Waals surface area (Å²) in [5.74, 6) is 0.815. The number of ether oxygens (including phenoxy) is 1. The standard InChI is InChI=1S/C16H16N2O2/c19-16(14-5-1-2-8-17-14)18-11-12-6-7-15-13(10-12)4-3-9-20-15/h1-2,5-8,10H,3-4,9,11H2,(H,18,19). The molecule has 1 amide bonds. The van der Waals surface area contributed by atoms with Crippen molar-refractivity contribution in [2.45, 2.75) is 19.4 Å². The lowest BCUT2D eigenvalue weighted by atomic mass is 10.0. The zero-order valence-electron chi connectivity index (χ0n) is 11.1. The first-order chi connectivity index (χ1) is 9.83. The molecule has 0 saturated carbocycles. The maximum absolute atomic E-state index is 11.9. The number of nitrogens with one attached hydrogen (secondary N) is 1. The molecule has 1 aliphatic rings. The maximum atomic E-state index is 11.9. The molecular formula is C16H16N2O2. The van der Waals surface area contributed by atoms with Gasteiger partial charge in [-0.2, -0.15) is 0 Å². The summed E-state index contributed by atoms with van der Waals surface area (Å²) >= 11 is 0. The van der Waals surface area contributed by atoms with Crippen molar-refractivity contribution in [1.82, 2.24) is 10.3 Å². The third-order valence-electron chi connectivity index (χ3n) is 3.32. The smallest absolute Gasteiger partial charge is 0.270 e. The Balaban J connectivity index is 1.65. The number of aromatic nitrogens is 1. The number of rotatable bonds is 3. The van der Waals surface area contributed by atoms with Crippen molar-refractivity contribution in [1.29, 1.82) is 0 Å². The lowest BCUT2D eigenvalue weighted by molar-refractivity contribution is 0.0946. The molecule has 1 aliphatic heterocycles. The predicted octanol–water partition coefficient (Wildman–Crippen LogP) is 2.34. The Morgan fingerprint density at radius 2 is 2.25 bits per heavy atom. The fourth-order valence-corrected chi connectivity index (χ4v) is 2.29. The van der Waals surface area contributed by atoms with Crippen LogP contribution in [-0.4, -0.2) is 17.5 Å². The number of nitrogens with zero attached hydrogens (tertiary/aromatic N) is 1. The van der Waals surface area contributed by atoms with E-state index in [1.807, 2.05) is 12.1 Å². The van der Waals surface area contributed by atoms with E-state index in [4.69, 9.17) is 4.74 Å². The van der Waals surface area contributed by atoms with E-state index < -0.39 is 0 Å². The minimum absolute atomic E-state index is 0.153. The van der Waals surface area contributed by atoms with Gasteiger partial charge in [-0.1, -0.05) is 18.2 Å². The van der Waals surface area contributed by atoms with Crippen molar-refractivity contribution in [2.24, 2.45) is 0 Å². The number of carbonyl (C=O) groups is 1. The molecule has 0 bridgehead atoms. The van der Waals surface area contributed by atoms with Gasteiger partial charge in [0.15, 0.2) is 0 Å². The third kappa shape index (κ3) is 2.79. The lowest BCUT2D eigenvalue weighted by Gasteiger charge is -2.18. The average Bonchev–Trinajstić information content (AvgIpc) is 2.53. The van der Waals surface area contributed by atoms with Crippen molar-refractivity contribution >= 4 is 5.91 Å². The molecule has 102 valence electrons. The van der Waals surface area contributed by atoms with Crippen LogP contribution in [0.25, 0.3) is 0 Å². The van der Waals surface area contributed by atoms with Gasteiger partial charge in [0, 0.05) is 12.7 Å². The molecule has 0 unspecified atom stereocenters. The molecule has 2 heterocycles. The number of aryl methyl sites for hydroxylation is 1. The number of amides is 1. The summed E-state index contributed by atoms with van der Waals surface area (Å²) in [4.78, 5) is 15.9. The van der Waals surface area contributed by atoms with E-state index in [1.54, 1.807) is 24.4 Å². The first-order valence-corrected chi connectivity index (χ1v) is 6.77. The largest absolute Gasteiger partial charge is 0.493 e. The van der Waals surface area contributed by atoms with E-state index >= 15 is 0 Å². The summed E-state index contributed by atoms with van der Waals surface area (Å²) in [6.07, 6.45) is 3.71. The monoisotopic (exact) mass is 268 g/mol. The van der Waals surface area contributed by atoms with Crippen molar-refractivity contribution < 1.29 is 9.53 Å². The second kappa shape index (κ2) is 5.74. The molecule has 1 N–H and O–H groups in total. The van der Waals surface area contributed by atoms with Crippen molar-refractivity contribution in [3.05, 3.63) is 59.4 Å². The van der Waals surface area contributed by atoms with Gasteiger partial charge >= 0.3 is 0 Å². The molecule has 1 aromatic heterocycles. The topological polar surface area (TPSA) is 51.2 Å². The Hall–Kier alpha value is -2.36. The normalized spacial score (nSPS) is 13.2. The van der Waals surface area contributed by atoms with Crippen LogP contribution < -0.4 is 10.1 Å². The molecule has 0 fully saturated rings. The quantitative estimate of drug-likeness (QED) is 0.929. The van der Waals surface area contributed by atoms with Gasteiger partial charge in [-0.05, 0) is 42.2 Å². The summed E-state index contributed by atoms with van der Waals surface area (Å²) in [5.41, 5.74) is 2.74. The number of hydrogen-bond donors (Lipinski definition) is 1. The fraction of sp³-hybridized carbons (Fsp3) is 0.250. The summed E-state index contributed by atoms with van der Waals surface area (Å²) in [7, 11) is 0. The molecule has 20 heavy (non-hydrogen) atoms. The van der Waals surface area contributed by atoms with Gasteiger partial charge in [0.1, 0.15) is 11.4 Å². The molecular weight excluding hydrogens is 252 g/mol. The molecule has 0 atom stereocenters. The first-order valence-electron chi connectivity index (χ1n) is 6.77. The highest BCUT2D eigenvalue weighted by Crippen LogP contribution is 2.25. The second-order valence-corrected chi connectivity index (χ2v) is 4.79. The maximum Gasteiger partial charge on any atom is 0.270 e. The number of pyridine rings is 1. The Morgan fingerprint density at radius 1 is 1.30 bits per heavy atom. The van der Waals surface area contributed by atoms with Gasteiger partial charge in [0.05, 0.1) is 6.61 Å². The first kappa shape index (κ1) is 12.7. The summed E-state index contributed by atoms with van der Waals surface area (Å²) in [5, 5.41) is 2.88. The molecule has 4 heteroatoms. The summed E-state index contributed by atoms with van der Waals surface area (Å²) < 4.78 is 5.58. The predicted molar refractivity (Wildman–Crippen MR) is 75.7 cm³/mol. The van der Waals surface area contributed by atoms with Crippen LogP contribution in [0.4, 0.5) is 0 Å². The second-order valence-electron chi connectivity index (χ2n) is 4.79. The number of fused-ring (bicyclic) bond motifs is 1. The third-order valence-corrected chi connectivity index (χ3v) is 3.32. The lowest BCUT2D eigenvalue weighted by Crippen LogP contribution is -2.23. The minimum Gasteiger partial charge on any atom is -0.493 e. The highest BCUT2D eigenvalue weighted by atomic mass is 16.5. The van der Waals surface area contributed by atoms with Gasteiger partial charge in [-0.3, -0.25) is 9.78 Å². The molecule has 0 saturated heterocycles. The van der Waals surface area contributed by atoms with E-state index in [2.05, 4.69) is 16.4 Å². The minimum atomic E-state index is -0.153. The van der Waals surface area contributed by atoms with E-state index in [1.165, 1.54) is 5.56 Å². The Kier molecular flexibility index (Phi) is 3.63. The van der Waals surface area contributed by atoms with Gasteiger partial charge in [-0.15, -0.1) is 0 Å². The van der Waals surface area contributed by atoms with Crippen LogP contribution in [0.3, 0.4) is 0 Å². The molecule has 2 aromatic rings. The average molecular weight is 268 g/mol. The highest BCUT2D eigenvalue weighted by molar-refractivity contribution is 5.92. The van der Waals surface area contributed by atoms with Crippen molar-refractivity contribution in [3.8, 4) is 5.75 Å². The van der Waals surface area contributed by atoms with Crippen LogP contribution in [-0.2, 0) is 13.0 Å². The van der Waals surface area contributed by atoms with Gasteiger partial charge in [-0.25, -0.2) is 0 Å². The van der Waals surface area contributed by atoms with Gasteiger partial charge in [0.2, 0.25) is 0 Å². The summed E-state index contributed by atoms with van der Waals surface area (Å²) in [6.45, 7) is 1.30. The fourth-order valence-electron chi connectivity index (χ4n) is 2.29. The van der Waals surface area contributed by atoms with E-state index in [0.29, 0.717) is 12.2 Å². The molecule has 3 rings (SSSR count). The van der Waals surface area contributed by atoms with Crippen LogP contribution in [0.5, 0.6) is 5.75 Å². The van der Waals surface area contributed by atoms with Crippen LogP contribution in [0.1, 0.15) is 28.0 Å². The van der Waals surface area contributed by atoms with Crippen LogP contribution in [0, 0.1) is 0 Å². The zero-order chi connectivity index (χ0) is 13.8. The Labute approximate surface area is 117 Å². The molecule has 0 spiro atoms. The van der Waals surface area contributed by atoms with E-state index in [9.17, 15) is 4.79 Å². The number of benzene rings is 1. The van der Waals surface area contributed by atoms with Crippen molar-refractivity contribution in [2.75, 3.05) is 6.61 Å². The molecule has 0 radical (unpaired) electrons. The number of hydrogen-bond acceptors (Lipinski definition) is 3. The highest BCUT2D eigenvalue weighted by Gasteiger charge is 2.11. The van der Waals surface area contributed by atoms with E-state index in [0.717, 1.165) is 30.8 Å². The molecule has 4 nitrogen and oxygen atoms in total. The Morgan fingerprint density at radius 3 is 3.10 bits per heavy atom. The van der Waals surface area contributed by atoms with Crippen molar-refractivity contribution in [3.63, 3.8) is 0 Å². The Bertz CT molecular complexity index is 611. The molecule has 1 aromatic carbocycles.